The van der Waals surface area contributed by atoms with Gasteiger partial charge in [0.25, 0.3) is 0 Å². The van der Waals surface area contributed by atoms with Gasteiger partial charge in [0.05, 0.1) is 22.6 Å². The number of phenols is 2. The number of hydrogen-bond acceptors (Lipinski definition) is 6. The molecule has 0 bridgehead atoms. The van der Waals surface area contributed by atoms with E-state index in [0.717, 1.165) is 28.8 Å². The number of hydrogen-bond donors (Lipinski definition) is 2. The van der Waals surface area contributed by atoms with Gasteiger partial charge in [-0.15, -0.1) is 0 Å². The van der Waals surface area contributed by atoms with Gasteiger partial charge < -0.3 is 14.9 Å². The van der Waals surface area contributed by atoms with E-state index < -0.39 is 11.6 Å². The summed E-state index contributed by atoms with van der Waals surface area (Å²) in [6.07, 6.45) is 8.45. The normalized spacial score (nSPS) is 13.2. The molecule has 0 atom stereocenters. The zero-order valence-electron chi connectivity index (χ0n) is 17.0. The monoisotopic (exact) mass is 426 g/mol. The van der Waals surface area contributed by atoms with Gasteiger partial charge in [0.1, 0.15) is 17.2 Å². The molecule has 2 aromatic carbocycles. The van der Waals surface area contributed by atoms with Crippen molar-refractivity contribution in [1.82, 2.24) is 0 Å². The summed E-state index contributed by atoms with van der Waals surface area (Å²) in [6.45, 7) is 2.88. The molecule has 2 aromatic rings. The molecule has 2 N–H and O–H groups in total. The Hall–Kier alpha value is -2.73. The van der Waals surface area contributed by atoms with Crippen LogP contribution in [0.15, 0.2) is 52.3 Å². The van der Waals surface area contributed by atoms with Gasteiger partial charge in [-0.1, -0.05) is 50.8 Å². The predicted molar refractivity (Wildman–Crippen MR) is 118 cm³/mol. The van der Waals surface area contributed by atoms with Crippen molar-refractivity contribution in [3.8, 4) is 17.2 Å². The number of Topliss-reactive ketones (excluding diaryl/α,β-unsaturated/α-hetero) is 1. The molecule has 6 heteroatoms. The van der Waals surface area contributed by atoms with E-state index in [1.807, 2.05) is 24.3 Å². The maximum absolute atomic E-state index is 12.7. The van der Waals surface area contributed by atoms with Gasteiger partial charge in [-0.3, -0.25) is 9.59 Å². The van der Waals surface area contributed by atoms with Crippen LogP contribution in [0, 0.1) is 0 Å². The predicted octanol–water partition coefficient (Wildman–Crippen LogP) is 5.89. The topological polar surface area (TPSA) is 83.8 Å². The van der Waals surface area contributed by atoms with Crippen LogP contribution in [0.4, 0.5) is 0 Å². The van der Waals surface area contributed by atoms with E-state index in [4.69, 9.17) is 4.74 Å². The zero-order chi connectivity index (χ0) is 21.5. The first-order valence-electron chi connectivity index (χ1n) is 10.3. The smallest absolute Gasteiger partial charge is 0.204 e. The number of unbranched alkanes of at least 4 members (excludes halogenated alkanes) is 5. The van der Waals surface area contributed by atoms with E-state index >= 15 is 0 Å². The van der Waals surface area contributed by atoms with Crippen LogP contribution < -0.4 is 4.74 Å². The Morgan fingerprint density at radius 3 is 2.17 bits per heavy atom. The lowest BCUT2D eigenvalue weighted by Crippen LogP contribution is -2.16. The number of phenolic OH excluding ortho intramolecular Hbond substituents is 2. The largest absolute Gasteiger partial charge is 0.507 e. The van der Waals surface area contributed by atoms with Crippen molar-refractivity contribution in [3.63, 3.8) is 0 Å². The number of thioether (sulfide) groups is 1. The molecule has 1 aliphatic carbocycles. The van der Waals surface area contributed by atoms with Crippen molar-refractivity contribution >= 4 is 23.3 Å². The summed E-state index contributed by atoms with van der Waals surface area (Å²) in [5, 5.41) is 19.9. The third-order valence-corrected chi connectivity index (χ3v) is 5.97. The van der Waals surface area contributed by atoms with E-state index in [2.05, 4.69) is 6.92 Å². The number of benzene rings is 2. The van der Waals surface area contributed by atoms with Crippen molar-refractivity contribution in [2.24, 2.45) is 0 Å². The Bertz CT molecular complexity index is 947. The number of aromatic hydroxyl groups is 2. The van der Waals surface area contributed by atoms with Gasteiger partial charge in [0, 0.05) is 11.0 Å². The fourth-order valence-corrected chi connectivity index (χ4v) is 4.21. The Balaban J connectivity index is 1.58. The van der Waals surface area contributed by atoms with Crippen LogP contribution in [0.1, 0.15) is 66.2 Å². The van der Waals surface area contributed by atoms with E-state index in [1.165, 1.54) is 50.3 Å². The number of rotatable bonds is 10. The zero-order valence-corrected chi connectivity index (χ0v) is 17.8. The Morgan fingerprint density at radius 2 is 1.47 bits per heavy atom. The molecular weight excluding hydrogens is 400 g/mol. The molecule has 158 valence electrons. The third-order valence-electron chi connectivity index (χ3n) is 4.94. The fraction of sp³-hybridized carbons (Fsp3) is 0.333. The van der Waals surface area contributed by atoms with Crippen molar-refractivity contribution in [3.05, 3.63) is 58.5 Å². The first-order chi connectivity index (χ1) is 14.5. The van der Waals surface area contributed by atoms with Crippen molar-refractivity contribution in [2.75, 3.05) is 6.61 Å². The number of carbonyl (C=O) groups excluding carboxylic acids is 2. The molecule has 0 unspecified atom stereocenters. The summed E-state index contributed by atoms with van der Waals surface area (Å²) in [7, 11) is 0. The fourth-order valence-electron chi connectivity index (χ4n) is 3.32. The van der Waals surface area contributed by atoms with Crippen LogP contribution >= 0.6 is 11.8 Å². The molecule has 0 heterocycles. The van der Waals surface area contributed by atoms with Crippen molar-refractivity contribution < 1.29 is 24.5 Å². The maximum Gasteiger partial charge on any atom is 0.204 e. The highest BCUT2D eigenvalue weighted by atomic mass is 32.2. The molecule has 3 rings (SSSR count). The molecule has 0 amide bonds. The van der Waals surface area contributed by atoms with E-state index in [1.54, 1.807) is 0 Å². The van der Waals surface area contributed by atoms with Crippen LogP contribution in [-0.2, 0) is 0 Å². The molecule has 0 saturated heterocycles. The number of ether oxygens (including phenoxy) is 1. The minimum absolute atomic E-state index is 0.149. The van der Waals surface area contributed by atoms with Gasteiger partial charge in [-0.2, -0.15) is 0 Å². The van der Waals surface area contributed by atoms with Crippen LogP contribution in [0.25, 0.3) is 0 Å². The lowest BCUT2D eigenvalue weighted by atomic mass is 9.93. The average Bonchev–Trinajstić information content (AvgIpc) is 2.74. The summed E-state index contributed by atoms with van der Waals surface area (Å²) in [5.41, 5.74) is -0.299. The molecular formula is C24H26O5S. The Morgan fingerprint density at radius 1 is 0.833 bits per heavy atom. The van der Waals surface area contributed by atoms with Gasteiger partial charge in [-0.05, 0) is 42.8 Å². The molecule has 0 aromatic heterocycles. The summed E-state index contributed by atoms with van der Waals surface area (Å²) < 4.78 is 5.77. The van der Waals surface area contributed by atoms with E-state index in [0.29, 0.717) is 6.61 Å². The van der Waals surface area contributed by atoms with E-state index in [-0.39, 0.29) is 27.5 Å². The molecule has 0 saturated carbocycles. The lowest BCUT2D eigenvalue weighted by molar-refractivity contribution is 0.0986. The van der Waals surface area contributed by atoms with Crippen LogP contribution in [0.3, 0.4) is 0 Å². The molecule has 0 aliphatic heterocycles. The summed E-state index contributed by atoms with van der Waals surface area (Å²) in [5.74, 6) is -0.842. The summed E-state index contributed by atoms with van der Waals surface area (Å²) >= 11 is 1.15. The highest BCUT2D eigenvalue weighted by Crippen LogP contribution is 2.39. The molecule has 0 spiro atoms. The Labute approximate surface area is 180 Å². The van der Waals surface area contributed by atoms with Gasteiger partial charge in [0.15, 0.2) is 5.78 Å². The number of fused-ring (bicyclic) bond motifs is 1. The summed E-state index contributed by atoms with van der Waals surface area (Å²) in [4.78, 5) is 26.1. The first-order valence-corrected chi connectivity index (χ1v) is 11.1. The molecule has 1 aliphatic rings. The number of allylic oxidation sites excluding steroid dienone is 2. The molecule has 30 heavy (non-hydrogen) atoms. The van der Waals surface area contributed by atoms with Crippen LogP contribution in [0.2, 0.25) is 0 Å². The van der Waals surface area contributed by atoms with Crippen molar-refractivity contribution in [2.45, 2.75) is 50.3 Å². The average molecular weight is 427 g/mol. The minimum atomic E-state index is -0.501. The third kappa shape index (κ3) is 5.25. The minimum Gasteiger partial charge on any atom is -0.507 e. The second kappa shape index (κ2) is 10.3. The second-order valence-electron chi connectivity index (χ2n) is 7.25. The molecule has 0 radical (unpaired) electrons. The highest BCUT2D eigenvalue weighted by molar-refractivity contribution is 8.04. The van der Waals surface area contributed by atoms with Crippen molar-refractivity contribution in [1.29, 1.82) is 0 Å². The van der Waals surface area contributed by atoms with Crippen LogP contribution in [0.5, 0.6) is 17.2 Å². The first kappa shape index (κ1) is 22.0. The second-order valence-corrected chi connectivity index (χ2v) is 8.36. The van der Waals surface area contributed by atoms with Gasteiger partial charge >= 0.3 is 0 Å². The van der Waals surface area contributed by atoms with Crippen LogP contribution in [-0.4, -0.2) is 28.4 Å². The Kier molecular flexibility index (Phi) is 7.57. The van der Waals surface area contributed by atoms with Gasteiger partial charge in [0.2, 0.25) is 5.78 Å². The summed E-state index contributed by atoms with van der Waals surface area (Å²) in [6, 6.07) is 9.76. The van der Waals surface area contributed by atoms with E-state index in [9.17, 15) is 19.8 Å². The maximum atomic E-state index is 12.7. The highest BCUT2D eigenvalue weighted by Gasteiger charge is 2.31. The van der Waals surface area contributed by atoms with Gasteiger partial charge in [-0.25, -0.2) is 0 Å². The molecule has 5 nitrogen and oxygen atoms in total. The standard InChI is InChI=1S/C24H26O5S/c1-2-3-4-5-6-7-14-29-16-8-10-17(11-9-16)30-21-15-20(27)22-18(25)12-13-19(26)23(22)24(21)28/h8-13,15,25-26H,2-7,14H2,1H3. The number of ketones is 2. The SMILES string of the molecule is CCCCCCCCOc1ccc(SC2=CC(=O)c3c(O)ccc(O)c3C2=O)cc1. The quantitative estimate of drug-likeness (QED) is 0.364. The number of carbonyl (C=O) groups is 2. The molecule has 0 fully saturated rings. The lowest BCUT2D eigenvalue weighted by Gasteiger charge is -2.17.